The number of benzene rings is 1. The highest BCUT2D eigenvalue weighted by molar-refractivity contribution is 6.12. The maximum atomic E-state index is 12.0. The van der Waals surface area contributed by atoms with Crippen LogP contribution in [0, 0.1) is 0 Å². The lowest BCUT2D eigenvalue weighted by Crippen LogP contribution is -2.46. The Hall–Kier alpha value is -3.49. The molecule has 0 saturated carbocycles. The van der Waals surface area contributed by atoms with Gasteiger partial charge in [-0.05, 0) is 18.4 Å². The van der Waals surface area contributed by atoms with Crippen LogP contribution in [0.25, 0.3) is 0 Å². The number of amides is 4. The summed E-state index contributed by atoms with van der Waals surface area (Å²) in [5.74, 6) is -2.70. The van der Waals surface area contributed by atoms with Crippen LogP contribution in [0.2, 0.25) is 0 Å². The van der Waals surface area contributed by atoms with E-state index >= 15 is 0 Å². The van der Waals surface area contributed by atoms with E-state index < -0.39 is 17.9 Å². The number of carbonyl (C=O) groups excluding carboxylic acids is 4. The van der Waals surface area contributed by atoms with Crippen LogP contribution >= 0.6 is 0 Å². The molecule has 0 fully saturated rings. The summed E-state index contributed by atoms with van der Waals surface area (Å²) in [6.45, 7) is 0.00648. The minimum Gasteiger partial charge on any atom is -0.480 e. The molecule has 4 amide bonds. The van der Waals surface area contributed by atoms with Crippen LogP contribution in [0.5, 0.6) is 0 Å². The molecule has 2 rings (SSSR count). The van der Waals surface area contributed by atoms with Crippen molar-refractivity contribution in [2.75, 3.05) is 13.1 Å². The zero-order valence-corrected chi connectivity index (χ0v) is 16.5. The number of nitrogens with zero attached hydrogens (tertiary/aromatic N) is 1. The summed E-state index contributed by atoms with van der Waals surface area (Å²) < 4.78 is 0. The molecule has 0 radical (unpaired) electrons. The van der Waals surface area contributed by atoms with Crippen molar-refractivity contribution in [3.8, 4) is 0 Å². The Balaban J connectivity index is 1.61. The highest BCUT2D eigenvalue weighted by Crippen LogP contribution is 2.07. The molecule has 3 N–H and O–H groups in total. The molecule has 1 unspecified atom stereocenters. The molecule has 9 heteroatoms. The monoisotopic (exact) mass is 415 g/mol. The maximum Gasteiger partial charge on any atom is 0.326 e. The van der Waals surface area contributed by atoms with Gasteiger partial charge in [0.05, 0.1) is 6.54 Å². The minimum atomic E-state index is -1.15. The van der Waals surface area contributed by atoms with Crippen LogP contribution in [0.4, 0.5) is 0 Å². The fourth-order valence-electron chi connectivity index (χ4n) is 2.95. The quantitative estimate of drug-likeness (QED) is 0.334. The molecule has 1 heterocycles. The number of carboxylic acids is 1. The summed E-state index contributed by atoms with van der Waals surface area (Å²) >= 11 is 0. The predicted octanol–water partition coefficient (Wildman–Crippen LogP) is 0.400. The second-order valence-corrected chi connectivity index (χ2v) is 6.90. The van der Waals surface area contributed by atoms with Gasteiger partial charge in [-0.2, -0.15) is 0 Å². The van der Waals surface area contributed by atoms with Crippen LogP contribution in [0.3, 0.4) is 0 Å². The fraction of sp³-hybridized carbons (Fsp3) is 0.381. The number of aliphatic carboxylic acids is 1. The van der Waals surface area contributed by atoms with E-state index in [1.165, 1.54) is 12.2 Å². The molecule has 0 aromatic heterocycles. The first-order chi connectivity index (χ1) is 14.4. The van der Waals surface area contributed by atoms with Crippen LogP contribution in [-0.4, -0.2) is 58.7 Å². The van der Waals surface area contributed by atoms with Crippen LogP contribution in [0.1, 0.15) is 31.2 Å². The van der Waals surface area contributed by atoms with E-state index in [4.69, 9.17) is 0 Å². The Bertz CT molecular complexity index is 803. The smallest absolute Gasteiger partial charge is 0.326 e. The Morgan fingerprint density at radius 1 is 0.933 bits per heavy atom. The van der Waals surface area contributed by atoms with E-state index in [1.54, 1.807) is 24.3 Å². The molecule has 0 aliphatic carbocycles. The van der Waals surface area contributed by atoms with Crippen molar-refractivity contribution in [3.05, 3.63) is 48.0 Å². The molecule has 1 aliphatic heterocycles. The zero-order valence-electron chi connectivity index (χ0n) is 16.5. The van der Waals surface area contributed by atoms with Gasteiger partial charge in [0.1, 0.15) is 6.04 Å². The number of unbranched alkanes of at least 4 members (excludes halogenated alkanes) is 2. The molecule has 0 spiro atoms. The normalized spacial score (nSPS) is 13.9. The van der Waals surface area contributed by atoms with Crippen molar-refractivity contribution in [3.63, 3.8) is 0 Å². The lowest BCUT2D eigenvalue weighted by molar-refractivity contribution is -0.141. The molecule has 1 aliphatic rings. The predicted molar refractivity (Wildman–Crippen MR) is 107 cm³/mol. The third-order valence-corrected chi connectivity index (χ3v) is 4.55. The molecule has 0 saturated heterocycles. The summed E-state index contributed by atoms with van der Waals surface area (Å²) in [4.78, 5) is 59.1. The molecule has 1 aromatic carbocycles. The van der Waals surface area contributed by atoms with E-state index in [0.29, 0.717) is 25.8 Å². The highest BCUT2D eigenvalue weighted by Gasteiger charge is 2.22. The number of hydrogen-bond donors (Lipinski definition) is 3. The molecule has 160 valence electrons. The first kappa shape index (κ1) is 22.8. The van der Waals surface area contributed by atoms with Gasteiger partial charge in [0.15, 0.2) is 0 Å². The van der Waals surface area contributed by atoms with E-state index in [9.17, 15) is 29.1 Å². The summed E-state index contributed by atoms with van der Waals surface area (Å²) in [6, 6.07) is 7.85. The molecule has 1 aromatic rings. The van der Waals surface area contributed by atoms with Crippen molar-refractivity contribution < 1.29 is 29.1 Å². The first-order valence-electron chi connectivity index (χ1n) is 9.73. The largest absolute Gasteiger partial charge is 0.480 e. The maximum absolute atomic E-state index is 12.0. The number of imide groups is 1. The van der Waals surface area contributed by atoms with Crippen LogP contribution in [-0.2, 0) is 30.4 Å². The second-order valence-electron chi connectivity index (χ2n) is 6.90. The summed E-state index contributed by atoms with van der Waals surface area (Å²) in [5, 5.41) is 14.2. The van der Waals surface area contributed by atoms with Crippen molar-refractivity contribution in [1.29, 1.82) is 0 Å². The number of carbonyl (C=O) groups is 5. The fourth-order valence-corrected chi connectivity index (χ4v) is 2.95. The standard InChI is InChI=1S/C21H25N3O6/c25-17(9-5-2-6-12-24-19(27)10-11-20(24)28)22-14-18(26)23-16(21(29)30)13-15-7-3-1-4-8-15/h1,3-4,7-8,10-11,16H,2,5-6,9,12-14H2,(H,22,25)(H,23,26)(H,29,30). The van der Waals surface area contributed by atoms with Crippen molar-refractivity contribution in [1.82, 2.24) is 15.5 Å². The molecule has 30 heavy (non-hydrogen) atoms. The van der Waals surface area contributed by atoms with Gasteiger partial charge < -0.3 is 15.7 Å². The SMILES string of the molecule is O=C(CCCCCN1C(=O)C=CC1=O)NCC(=O)NC(Cc1ccccc1)C(=O)O. The molecule has 0 bridgehead atoms. The first-order valence-corrected chi connectivity index (χ1v) is 9.73. The van der Waals surface area contributed by atoms with Crippen LogP contribution in [0.15, 0.2) is 42.5 Å². The molecular weight excluding hydrogens is 390 g/mol. The summed E-state index contributed by atoms with van der Waals surface area (Å²) in [7, 11) is 0. The third kappa shape index (κ3) is 7.50. The van der Waals surface area contributed by atoms with E-state index in [1.807, 2.05) is 6.07 Å². The van der Waals surface area contributed by atoms with Crippen molar-refractivity contribution in [2.24, 2.45) is 0 Å². The Morgan fingerprint density at radius 3 is 2.23 bits per heavy atom. The van der Waals surface area contributed by atoms with Crippen molar-refractivity contribution >= 4 is 29.6 Å². The highest BCUT2D eigenvalue weighted by atomic mass is 16.4. The van der Waals surface area contributed by atoms with E-state index in [0.717, 1.165) is 10.5 Å². The van der Waals surface area contributed by atoms with Gasteiger partial charge in [-0.25, -0.2) is 4.79 Å². The van der Waals surface area contributed by atoms with Gasteiger partial charge in [-0.15, -0.1) is 0 Å². The minimum absolute atomic E-state index is 0.146. The van der Waals surface area contributed by atoms with Gasteiger partial charge in [0.25, 0.3) is 11.8 Å². The number of carboxylic acid groups (broad SMARTS) is 1. The third-order valence-electron chi connectivity index (χ3n) is 4.55. The topological polar surface area (TPSA) is 133 Å². The van der Waals surface area contributed by atoms with Gasteiger partial charge >= 0.3 is 5.97 Å². The summed E-state index contributed by atoms with van der Waals surface area (Å²) in [6.07, 6.45) is 4.59. The van der Waals surface area contributed by atoms with Gasteiger partial charge in [-0.3, -0.25) is 24.1 Å². The number of nitrogens with one attached hydrogen (secondary N) is 2. The van der Waals surface area contributed by atoms with Crippen LogP contribution < -0.4 is 10.6 Å². The lowest BCUT2D eigenvalue weighted by Gasteiger charge is -2.15. The Labute approximate surface area is 174 Å². The molecule has 1 atom stereocenters. The number of hydrogen-bond acceptors (Lipinski definition) is 5. The molecule has 9 nitrogen and oxygen atoms in total. The average Bonchev–Trinajstić information content (AvgIpc) is 3.04. The lowest BCUT2D eigenvalue weighted by atomic mass is 10.1. The molecular formula is C21H25N3O6. The van der Waals surface area contributed by atoms with Crippen molar-refractivity contribution in [2.45, 2.75) is 38.1 Å². The number of rotatable bonds is 12. The summed E-state index contributed by atoms with van der Waals surface area (Å²) in [5.41, 5.74) is 0.780. The second kappa shape index (κ2) is 11.5. The van der Waals surface area contributed by atoms with Gasteiger partial charge in [-0.1, -0.05) is 36.8 Å². The Kier molecular flexibility index (Phi) is 8.74. The van der Waals surface area contributed by atoms with E-state index in [2.05, 4.69) is 10.6 Å². The average molecular weight is 415 g/mol. The van der Waals surface area contributed by atoms with Gasteiger partial charge in [0, 0.05) is 31.5 Å². The van der Waals surface area contributed by atoms with Gasteiger partial charge in [0.2, 0.25) is 11.8 Å². The Morgan fingerprint density at radius 2 is 1.60 bits per heavy atom. The van der Waals surface area contributed by atoms with E-state index in [-0.39, 0.29) is 37.1 Å². The zero-order chi connectivity index (χ0) is 21.9.